The number of carboxylic acid groups (broad SMARTS) is 1. The minimum atomic E-state index is -4.59. The van der Waals surface area contributed by atoms with Crippen molar-refractivity contribution in [1.82, 2.24) is 30.4 Å². The summed E-state index contributed by atoms with van der Waals surface area (Å²) in [7, 11) is 0. The van der Waals surface area contributed by atoms with Gasteiger partial charge in [0.25, 0.3) is 0 Å². The van der Waals surface area contributed by atoms with Gasteiger partial charge in [0.1, 0.15) is 11.9 Å². The van der Waals surface area contributed by atoms with E-state index in [0.717, 1.165) is 18.6 Å². The van der Waals surface area contributed by atoms with Gasteiger partial charge in [-0.15, -0.1) is 0 Å². The number of benzene rings is 1. The Morgan fingerprint density at radius 3 is 2.44 bits per heavy atom. The van der Waals surface area contributed by atoms with Gasteiger partial charge >= 0.3 is 12.3 Å². The van der Waals surface area contributed by atoms with E-state index in [2.05, 4.69) is 46.7 Å². The first-order valence-corrected chi connectivity index (χ1v) is 15.3. The average molecular weight is 632 g/mol. The summed E-state index contributed by atoms with van der Waals surface area (Å²) in [4.78, 5) is 49.4. The van der Waals surface area contributed by atoms with Crippen LogP contribution in [0.4, 0.5) is 23.8 Å². The number of fused-ring (bicyclic) bond motifs is 1. The van der Waals surface area contributed by atoms with Gasteiger partial charge in [0.05, 0.1) is 23.2 Å². The van der Waals surface area contributed by atoms with Crippen LogP contribution in [0.5, 0.6) is 0 Å². The molecule has 1 unspecified atom stereocenters. The smallest absolute Gasteiger partial charge is 0.416 e. The molecule has 2 fully saturated rings. The fourth-order valence-corrected chi connectivity index (χ4v) is 6.62. The van der Waals surface area contributed by atoms with E-state index in [1.807, 2.05) is 0 Å². The van der Waals surface area contributed by atoms with Crippen molar-refractivity contribution in [2.75, 3.05) is 25.0 Å². The third-order valence-corrected chi connectivity index (χ3v) is 8.58. The van der Waals surface area contributed by atoms with Crippen LogP contribution < -0.4 is 16.0 Å². The molecule has 3 heterocycles. The largest absolute Gasteiger partial charge is 0.465 e. The number of amides is 3. The number of rotatable bonds is 6. The third kappa shape index (κ3) is 7.48. The highest BCUT2D eigenvalue weighted by molar-refractivity contribution is 5.94. The third-order valence-electron chi connectivity index (χ3n) is 8.58. The minimum Gasteiger partial charge on any atom is -0.465 e. The first kappa shape index (κ1) is 32.5. The number of carbonyl (C=O) groups is 3. The Morgan fingerprint density at radius 2 is 1.82 bits per heavy atom. The van der Waals surface area contributed by atoms with Gasteiger partial charge in [-0.1, -0.05) is 6.08 Å². The maximum atomic E-state index is 13.8. The van der Waals surface area contributed by atoms with Crippen LogP contribution in [0.25, 0.3) is 16.5 Å². The van der Waals surface area contributed by atoms with Crippen molar-refractivity contribution in [3.8, 4) is 0 Å². The van der Waals surface area contributed by atoms with E-state index in [4.69, 9.17) is 0 Å². The van der Waals surface area contributed by atoms with Crippen LogP contribution in [0.2, 0.25) is 0 Å². The summed E-state index contributed by atoms with van der Waals surface area (Å²) in [5.74, 6) is 0.00498. The molecule has 1 saturated carbocycles. The Kier molecular flexibility index (Phi) is 8.98. The van der Waals surface area contributed by atoms with Crippen LogP contribution in [0.3, 0.4) is 0 Å². The number of nitrogens with one attached hydrogen (secondary N) is 3. The van der Waals surface area contributed by atoms with Gasteiger partial charge in [0.15, 0.2) is 5.82 Å². The molecule has 244 valence electrons. The second kappa shape index (κ2) is 12.5. The highest BCUT2D eigenvalue weighted by Crippen LogP contribution is 2.35. The maximum absolute atomic E-state index is 13.8. The van der Waals surface area contributed by atoms with Crippen molar-refractivity contribution in [2.45, 2.75) is 95.7 Å². The number of halogens is 3. The molecule has 1 aromatic carbocycles. The highest BCUT2D eigenvalue weighted by Gasteiger charge is 2.43. The van der Waals surface area contributed by atoms with E-state index < -0.39 is 23.9 Å². The van der Waals surface area contributed by atoms with E-state index in [1.54, 1.807) is 11.0 Å². The quantitative estimate of drug-likeness (QED) is 0.371. The lowest BCUT2D eigenvalue weighted by Crippen LogP contribution is -2.59. The first-order valence-electron chi connectivity index (χ1n) is 15.3. The van der Waals surface area contributed by atoms with Crippen LogP contribution in [0.15, 0.2) is 24.3 Å². The van der Waals surface area contributed by atoms with Crippen LogP contribution in [0, 0.1) is 0 Å². The van der Waals surface area contributed by atoms with E-state index >= 15 is 0 Å². The summed E-state index contributed by atoms with van der Waals surface area (Å²) < 4.78 is 41.0. The van der Waals surface area contributed by atoms with Gasteiger partial charge in [-0.25, -0.2) is 14.8 Å². The summed E-state index contributed by atoms with van der Waals surface area (Å²) >= 11 is 0. The van der Waals surface area contributed by atoms with E-state index in [1.165, 1.54) is 17.9 Å². The molecule has 1 saturated heterocycles. The van der Waals surface area contributed by atoms with Crippen molar-refractivity contribution in [1.29, 1.82) is 0 Å². The van der Waals surface area contributed by atoms with E-state index in [-0.39, 0.29) is 71.1 Å². The Bertz CT molecular complexity index is 1510. The lowest BCUT2D eigenvalue weighted by Gasteiger charge is -2.43. The Hall–Kier alpha value is -3.94. The predicted octanol–water partition coefficient (Wildman–Crippen LogP) is 4.24. The van der Waals surface area contributed by atoms with Gasteiger partial charge in [0.2, 0.25) is 11.8 Å². The number of anilines is 1. The molecule has 0 spiro atoms. The lowest BCUT2D eigenvalue weighted by molar-refractivity contribution is -0.137. The fraction of sp³-hybridized carbons (Fsp3) is 0.581. The second-order valence-corrected chi connectivity index (χ2v) is 13.1. The minimum absolute atomic E-state index is 0.106. The zero-order valence-corrected chi connectivity index (χ0v) is 25.9. The Morgan fingerprint density at radius 1 is 1.07 bits per heavy atom. The Labute approximate surface area is 259 Å². The van der Waals surface area contributed by atoms with Crippen molar-refractivity contribution < 1.29 is 32.7 Å². The van der Waals surface area contributed by atoms with Gasteiger partial charge in [-0.2, -0.15) is 13.2 Å². The number of hydrogen-bond donors (Lipinski definition) is 4. The lowest BCUT2D eigenvalue weighted by atomic mass is 9.84. The Balaban J connectivity index is 1.42. The summed E-state index contributed by atoms with van der Waals surface area (Å²) in [6.45, 7) is 8.52. The molecule has 1 aliphatic carbocycles. The number of aromatic nitrogens is 2. The normalized spacial score (nSPS) is 24.5. The van der Waals surface area contributed by atoms with Crippen molar-refractivity contribution in [3.05, 3.63) is 35.7 Å². The molecule has 2 aromatic rings. The zero-order valence-electron chi connectivity index (χ0n) is 25.9. The number of likely N-dealkylation sites (tertiary alicyclic amines) is 1. The molecule has 0 radical (unpaired) electrons. The summed E-state index contributed by atoms with van der Waals surface area (Å²) in [6.07, 6.45) is -1.01. The molecule has 0 bridgehead atoms. The van der Waals surface area contributed by atoms with Crippen molar-refractivity contribution in [3.63, 3.8) is 0 Å². The number of hydrogen-bond acceptors (Lipinski definition) is 7. The molecule has 2 aliphatic heterocycles. The molecule has 45 heavy (non-hydrogen) atoms. The molecular formula is C31H40F3N7O4. The van der Waals surface area contributed by atoms with Gasteiger partial charge in [-0.3, -0.25) is 9.59 Å². The number of alkyl halides is 3. The van der Waals surface area contributed by atoms with E-state index in [9.17, 15) is 32.7 Å². The highest BCUT2D eigenvalue weighted by atomic mass is 19.4. The number of carbonyl (C=O) groups excluding carboxylic acids is 2. The molecule has 4 atom stereocenters. The second-order valence-electron chi connectivity index (χ2n) is 13.1. The van der Waals surface area contributed by atoms with Crippen molar-refractivity contribution >= 4 is 40.2 Å². The van der Waals surface area contributed by atoms with E-state index in [0.29, 0.717) is 37.8 Å². The molecular weight excluding hydrogens is 591 g/mol. The van der Waals surface area contributed by atoms with Crippen LogP contribution in [-0.2, 0) is 15.8 Å². The average Bonchev–Trinajstić information content (AvgIpc) is 3.30. The maximum Gasteiger partial charge on any atom is 0.416 e. The summed E-state index contributed by atoms with van der Waals surface area (Å²) in [6, 6.07) is 2.20. The molecule has 4 N–H and O–H groups in total. The van der Waals surface area contributed by atoms with Gasteiger partial charge in [-0.05, 0) is 76.6 Å². The molecule has 3 aliphatic rings. The number of nitrogens with zero attached hydrogens (tertiary/aromatic N) is 4. The molecule has 14 heteroatoms. The molecule has 1 aromatic heterocycles. The van der Waals surface area contributed by atoms with Crippen molar-refractivity contribution in [2.24, 2.45) is 0 Å². The summed E-state index contributed by atoms with van der Waals surface area (Å²) in [5.41, 5.74) is -0.0163. The van der Waals surface area contributed by atoms with Crippen LogP contribution in [0.1, 0.15) is 71.2 Å². The SMILES string of the molecule is CC(=O)N[C@@H]1C[C@H](NC(C)(C)C)CC[C@@H]1N1CCC(Nc2nc(C3=CCN(C(=O)O)CC3)nc3ccc(C(F)(F)F)cc23)C1=O. The standard InChI is InChI=1S/C31H40F3N7O4/c1-17(42)35-24-16-20(39-30(2,3)4)6-8-25(24)41-14-11-23(28(41)43)37-27-21-15-19(31(32,33)34)5-7-22(21)36-26(38-27)18-9-12-40(13-10-18)29(44)45/h5,7,9,15,20,23-25,39H,6,8,10-14,16H2,1-4H3,(H,35,42)(H,44,45)(H,36,37,38)/t20-,23?,24-,25+/m1/s1. The predicted molar refractivity (Wildman–Crippen MR) is 162 cm³/mol. The van der Waals surface area contributed by atoms with Crippen LogP contribution in [-0.4, -0.2) is 92.1 Å². The topological polar surface area (TPSA) is 140 Å². The van der Waals surface area contributed by atoms with Gasteiger partial charge < -0.3 is 30.9 Å². The monoisotopic (exact) mass is 631 g/mol. The zero-order chi connectivity index (χ0) is 32.7. The van der Waals surface area contributed by atoms with Crippen LogP contribution >= 0.6 is 0 Å². The molecule has 11 nitrogen and oxygen atoms in total. The fourth-order valence-electron chi connectivity index (χ4n) is 6.62. The molecule has 3 amide bonds. The first-order chi connectivity index (χ1) is 21.1. The summed E-state index contributed by atoms with van der Waals surface area (Å²) in [5, 5.41) is 19.2. The van der Waals surface area contributed by atoms with Gasteiger partial charge in [0, 0.05) is 43.5 Å². The molecule has 5 rings (SSSR count).